The number of rotatable bonds is 5. The Hall–Kier alpha value is -5.37. The molecule has 4 heterocycles. The third-order valence-electron chi connectivity index (χ3n) is 9.45. The van der Waals surface area contributed by atoms with E-state index in [1.165, 1.54) is 0 Å². The third-order valence-corrected chi connectivity index (χ3v) is 9.45. The van der Waals surface area contributed by atoms with Crippen LogP contribution >= 0.6 is 0 Å². The Morgan fingerprint density at radius 2 is 1.66 bits per heavy atom. The van der Waals surface area contributed by atoms with E-state index in [-0.39, 0.29) is 24.3 Å². The van der Waals surface area contributed by atoms with Gasteiger partial charge in [0.2, 0.25) is 12.7 Å². The lowest BCUT2D eigenvalue weighted by molar-refractivity contribution is -0.121. The Labute approximate surface area is 253 Å². The Kier molecular flexibility index (Phi) is 5.71. The van der Waals surface area contributed by atoms with Gasteiger partial charge in [-0.25, -0.2) is 0 Å². The van der Waals surface area contributed by atoms with Gasteiger partial charge in [-0.1, -0.05) is 54.6 Å². The normalized spacial score (nSPS) is 23.9. The number of para-hydroxylation sites is 2. The van der Waals surface area contributed by atoms with Gasteiger partial charge >= 0.3 is 0 Å². The maximum atomic E-state index is 15.1. The number of amides is 1. The van der Waals surface area contributed by atoms with Crippen molar-refractivity contribution >= 4 is 34.4 Å². The first-order valence-corrected chi connectivity index (χ1v) is 14.5. The molecule has 1 fully saturated rings. The van der Waals surface area contributed by atoms with E-state index in [9.17, 15) is 9.59 Å². The summed E-state index contributed by atoms with van der Waals surface area (Å²) in [5, 5.41) is 3.07. The number of benzene rings is 4. The number of Topliss-reactive ketones (excluding diaryl/α,β-unsaturated/α-hetero) is 2. The average molecular weight is 585 g/mol. The molecular weight excluding hydrogens is 556 g/mol. The van der Waals surface area contributed by atoms with E-state index < -0.39 is 23.4 Å². The molecule has 1 N–H and O–H groups in total. The van der Waals surface area contributed by atoms with Crippen LogP contribution in [0.1, 0.15) is 38.8 Å². The Bertz CT molecular complexity index is 1930. The van der Waals surface area contributed by atoms with Crippen LogP contribution in [0, 0.1) is 5.92 Å². The number of fused-ring (bicyclic) bond motifs is 7. The summed E-state index contributed by atoms with van der Waals surface area (Å²) in [6.07, 6.45) is 2.04. The molecule has 0 aromatic heterocycles. The van der Waals surface area contributed by atoms with E-state index in [1.54, 1.807) is 49.6 Å². The van der Waals surface area contributed by atoms with Crippen molar-refractivity contribution in [2.45, 2.75) is 24.4 Å². The number of carbonyl (C=O) groups excluding carboxylic acids is 3. The first-order valence-electron chi connectivity index (χ1n) is 14.5. The highest BCUT2D eigenvalue weighted by molar-refractivity contribution is 6.18. The molecule has 4 aromatic rings. The zero-order valence-electron chi connectivity index (χ0n) is 24.1. The number of methoxy groups -OCH3 is 1. The second kappa shape index (κ2) is 9.57. The molecule has 0 saturated carbocycles. The van der Waals surface area contributed by atoms with Gasteiger partial charge in [0, 0.05) is 28.1 Å². The molecule has 0 unspecified atom stereocenters. The lowest BCUT2D eigenvalue weighted by Gasteiger charge is -2.39. The van der Waals surface area contributed by atoms with Crippen LogP contribution in [0.2, 0.25) is 0 Å². The van der Waals surface area contributed by atoms with Gasteiger partial charge in [0.05, 0.1) is 19.1 Å². The zero-order valence-corrected chi connectivity index (χ0v) is 24.1. The smallest absolute Gasteiger partial charge is 0.238 e. The quantitative estimate of drug-likeness (QED) is 0.302. The number of nitrogens with zero attached hydrogens (tertiary/aromatic N) is 1. The molecule has 8 rings (SSSR count). The summed E-state index contributed by atoms with van der Waals surface area (Å²) in [5.41, 5.74) is 3.39. The summed E-state index contributed by atoms with van der Waals surface area (Å²) in [6.45, 7) is 2.07. The van der Waals surface area contributed by atoms with Gasteiger partial charge in [0.1, 0.15) is 17.2 Å². The van der Waals surface area contributed by atoms with Crippen LogP contribution in [0.5, 0.6) is 17.2 Å². The first kappa shape index (κ1) is 26.3. The van der Waals surface area contributed by atoms with Crippen LogP contribution in [0.25, 0.3) is 5.57 Å². The van der Waals surface area contributed by atoms with E-state index in [4.69, 9.17) is 14.2 Å². The summed E-state index contributed by atoms with van der Waals surface area (Å²) >= 11 is 0. The molecular formula is C36H28N2O6. The van der Waals surface area contributed by atoms with Crippen LogP contribution in [0.15, 0.2) is 97.1 Å². The van der Waals surface area contributed by atoms with Crippen molar-refractivity contribution in [1.82, 2.24) is 0 Å². The van der Waals surface area contributed by atoms with Crippen molar-refractivity contribution < 1.29 is 28.6 Å². The second-order valence-corrected chi connectivity index (χ2v) is 11.5. The molecule has 8 nitrogen and oxygen atoms in total. The first-order chi connectivity index (χ1) is 21.4. The van der Waals surface area contributed by atoms with Crippen molar-refractivity contribution in [3.05, 3.63) is 119 Å². The largest absolute Gasteiger partial charge is 0.497 e. The van der Waals surface area contributed by atoms with E-state index in [0.717, 1.165) is 16.8 Å². The number of ether oxygens (including phenoxy) is 3. The molecule has 4 aliphatic heterocycles. The minimum absolute atomic E-state index is 0.0593. The van der Waals surface area contributed by atoms with Gasteiger partial charge in [0.25, 0.3) is 0 Å². The molecule has 4 aromatic carbocycles. The van der Waals surface area contributed by atoms with Gasteiger partial charge in [-0.15, -0.1) is 0 Å². The predicted molar refractivity (Wildman–Crippen MR) is 165 cm³/mol. The zero-order chi connectivity index (χ0) is 30.2. The highest BCUT2D eigenvalue weighted by Crippen LogP contribution is 2.59. The topological polar surface area (TPSA) is 94.2 Å². The summed E-state index contributed by atoms with van der Waals surface area (Å²) < 4.78 is 16.6. The minimum atomic E-state index is -1.40. The SMILES string of the molecule is COc1cccc(C(=O)[C@H]2[C@@H](C(=O)c3ccc4c(c3)OCO4)[C@]3(C(=O)Nc4ccccc43)[C@H]3C=C(C)c4ccccc4N23)c1. The van der Waals surface area contributed by atoms with Gasteiger partial charge in [0.15, 0.2) is 23.1 Å². The summed E-state index contributed by atoms with van der Waals surface area (Å²) in [6, 6.07) is 25.6. The Balaban J connectivity index is 1.42. The molecule has 4 aliphatic rings. The van der Waals surface area contributed by atoms with E-state index in [0.29, 0.717) is 39.6 Å². The molecule has 0 radical (unpaired) electrons. The number of hydrogen-bond donors (Lipinski definition) is 1. The van der Waals surface area contributed by atoms with E-state index in [2.05, 4.69) is 5.32 Å². The van der Waals surface area contributed by atoms with Crippen molar-refractivity contribution in [2.24, 2.45) is 5.92 Å². The maximum absolute atomic E-state index is 15.1. The fourth-order valence-corrected chi connectivity index (χ4v) is 7.56. The molecule has 0 aliphatic carbocycles. The van der Waals surface area contributed by atoms with Crippen LogP contribution in [-0.2, 0) is 10.2 Å². The molecule has 0 bridgehead atoms. The van der Waals surface area contributed by atoms with Crippen LogP contribution in [-0.4, -0.2) is 43.5 Å². The number of nitrogens with one attached hydrogen (secondary N) is 1. The van der Waals surface area contributed by atoms with E-state index in [1.807, 2.05) is 66.4 Å². The van der Waals surface area contributed by atoms with Gasteiger partial charge < -0.3 is 24.4 Å². The molecule has 218 valence electrons. The molecule has 4 atom stereocenters. The summed E-state index contributed by atoms with van der Waals surface area (Å²) in [4.78, 5) is 46.5. The third kappa shape index (κ3) is 3.48. The molecule has 44 heavy (non-hydrogen) atoms. The number of ketones is 2. The highest BCUT2D eigenvalue weighted by Gasteiger charge is 2.70. The molecule has 1 amide bonds. The van der Waals surface area contributed by atoms with E-state index >= 15 is 4.79 Å². The maximum Gasteiger partial charge on any atom is 0.238 e. The summed E-state index contributed by atoms with van der Waals surface area (Å²) in [5.74, 6) is -0.478. The standard InChI is InChI=1S/C36H28N2O6/c1-20-16-30-36(25-11-4-5-12-26(25)37-35(36)41)31(33(39)22-14-15-28-29(18-22)44-19-43-28)32(38(30)27-13-6-3-10-24(20)27)34(40)21-8-7-9-23(17-21)42-2/h3-18,30-32H,19H2,1-2H3,(H,37,41)/t30-,31+,32-,36-/m1/s1. The van der Waals surface area contributed by atoms with Crippen molar-refractivity contribution in [3.63, 3.8) is 0 Å². The van der Waals surface area contributed by atoms with Crippen LogP contribution in [0.4, 0.5) is 11.4 Å². The molecule has 8 heteroatoms. The molecule has 1 spiro atoms. The highest BCUT2D eigenvalue weighted by atomic mass is 16.7. The number of hydrogen-bond acceptors (Lipinski definition) is 7. The lowest BCUT2D eigenvalue weighted by Crippen LogP contribution is -2.51. The fraction of sp³-hybridized carbons (Fsp3) is 0.194. The minimum Gasteiger partial charge on any atom is -0.497 e. The lowest BCUT2D eigenvalue weighted by atomic mass is 9.64. The average Bonchev–Trinajstić information content (AvgIpc) is 3.73. The number of anilines is 2. The monoisotopic (exact) mass is 584 g/mol. The number of carbonyl (C=O) groups is 3. The van der Waals surface area contributed by atoms with Gasteiger partial charge in [-0.2, -0.15) is 0 Å². The predicted octanol–water partition coefficient (Wildman–Crippen LogP) is 5.67. The van der Waals surface area contributed by atoms with Crippen LogP contribution < -0.4 is 24.4 Å². The van der Waals surface area contributed by atoms with Crippen molar-refractivity contribution in [2.75, 3.05) is 24.1 Å². The second-order valence-electron chi connectivity index (χ2n) is 11.5. The van der Waals surface area contributed by atoms with Crippen LogP contribution in [0.3, 0.4) is 0 Å². The van der Waals surface area contributed by atoms with Gasteiger partial charge in [-0.3, -0.25) is 14.4 Å². The Morgan fingerprint density at radius 3 is 2.52 bits per heavy atom. The van der Waals surface area contributed by atoms with Gasteiger partial charge in [-0.05, 0) is 60.5 Å². The summed E-state index contributed by atoms with van der Waals surface area (Å²) in [7, 11) is 1.55. The van der Waals surface area contributed by atoms with Crippen molar-refractivity contribution in [1.29, 1.82) is 0 Å². The fourth-order valence-electron chi connectivity index (χ4n) is 7.56. The van der Waals surface area contributed by atoms with Crippen molar-refractivity contribution in [3.8, 4) is 17.2 Å². The Morgan fingerprint density at radius 1 is 0.886 bits per heavy atom. The molecule has 1 saturated heterocycles. The number of allylic oxidation sites excluding steroid dienone is 1.